The third-order valence-corrected chi connectivity index (χ3v) is 13.4. The largest absolute Gasteiger partial charge is 0.507 e. The summed E-state index contributed by atoms with van der Waals surface area (Å²) in [6.45, 7) is 10.5. The van der Waals surface area contributed by atoms with Crippen molar-refractivity contribution in [1.82, 2.24) is 36.0 Å². The topological polar surface area (TPSA) is 199 Å². The number of nitrogens with one attached hydrogen (secondary N) is 3. The fraction of sp³-hybridized carbons (Fsp3) is 0.462. The van der Waals surface area contributed by atoms with Crippen LogP contribution in [0.5, 0.6) is 5.75 Å². The number of carbonyl (C=O) groups is 3. The number of amides is 3. The summed E-state index contributed by atoms with van der Waals surface area (Å²) in [6, 6.07) is 23.9. The first-order valence-corrected chi connectivity index (χ1v) is 24.5. The molecule has 2 aromatic heterocycles. The van der Waals surface area contributed by atoms with E-state index >= 15 is 0 Å². The second-order valence-electron chi connectivity index (χ2n) is 18.9. The molecule has 0 radical (unpaired) electrons. The Labute approximate surface area is 399 Å². The van der Waals surface area contributed by atoms with Gasteiger partial charge in [-0.25, -0.2) is 4.98 Å². The molecule has 3 amide bonds. The van der Waals surface area contributed by atoms with E-state index in [4.69, 9.17) is 5.73 Å². The van der Waals surface area contributed by atoms with Crippen molar-refractivity contribution in [3.05, 3.63) is 107 Å². The lowest BCUT2D eigenvalue weighted by Gasteiger charge is -2.35. The van der Waals surface area contributed by atoms with Gasteiger partial charge in [0.25, 0.3) is 0 Å². The number of para-hydroxylation sites is 1. The van der Waals surface area contributed by atoms with Crippen molar-refractivity contribution in [2.45, 2.75) is 123 Å². The summed E-state index contributed by atoms with van der Waals surface area (Å²) in [5, 5.41) is 38.7. The highest BCUT2D eigenvalue weighted by Crippen LogP contribution is 2.32. The zero-order valence-electron chi connectivity index (χ0n) is 39.8. The summed E-state index contributed by atoms with van der Waals surface area (Å²) in [7, 11) is 1.98. The van der Waals surface area contributed by atoms with Crippen LogP contribution in [0.4, 0.5) is 11.5 Å². The van der Waals surface area contributed by atoms with E-state index in [9.17, 15) is 24.6 Å². The zero-order valence-corrected chi connectivity index (χ0v) is 40.6. The molecule has 67 heavy (non-hydrogen) atoms. The average Bonchev–Trinajstić information content (AvgIpc) is 3.93. The number of nitrogens with two attached hydrogens (primary N) is 1. The molecule has 6 rings (SSSR count). The molecule has 0 aliphatic carbocycles. The monoisotopic (exact) mass is 932 g/mol. The molecule has 5 aromatic rings. The molecule has 0 saturated carbocycles. The minimum absolute atomic E-state index is 0.0434. The third-order valence-electron chi connectivity index (χ3n) is 12.4. The Hall–Kier alpha value is -5.90. The number of benzene rings is 3. The number of carbonyl (C=O) groups excluding carboxylic acids is 3. The van der Waals surface area contributed by atoms with Gasteiger partial charge in [0.15, 0.2) is 5.82 Å². The summed E-state index contributed by atoms with van der Waals surface area (Å²) in [6.07, 6.45) is 7.73. The molecule has 15 heteroatoms. The van der Waals surface area contributed by atoms with Crippen molar-refractivity contribution in [2.75, 3.05) is 37.3 Å². The number of hydrogen-bond donors (Lipinski definition) is 6. The Bertz CT molecular complexity index is 2380. The molecular formula is C52H69N9O5S. The third kappa shape index (κ3) is 14.5. The second kappa shape index (κ2) is 24.2. The second-order valence-corrected chi connectivity index (χ2v) is 19.7. The van der Waals surface area contributed by atoms with Gasteiger partial charge in [0.05, 0.1) is 33.6 Å². The zero-order chi connectivity index (χ0) is 47.9. The van der Waals surface area contributed by atoms with Crippen molar-refractivity contribution < 1.29 is 24.6 Å². The Balaban J connectivity index is 0.824. The van der Waals surface area contributed by atoms with Crippen LogP contribution >= 0.6 is 11.3 Å². The van der Waals surface area contributed by atoms with Crippen LogP contribution in [-0.2, 0) is 33.9 Å². The molecule has 3 atom stereocenters. The lowest BCUT2D eigenvalue weighted by molar-refractivity contribution is -0.144. The Morgan fingerprint density at radius 3 is 2.24 bits per heavy atom. The first-order chi connectivity index (χ1) is 32.2. The highest BCUT2D eigenvalue weighted by atomic mass is 32.1. The number of phenols is 1. The number of aliphatic hydroxyl groups is 1. The number of aliphatic hydroxyl groups excluding tert-OH is 1. The summed E-state index contributed by atoms with van der Waals surface area (Å²) in [5.41, 5.74) is 14.8. The number of rotatable bonds is 23. The molecule has 7 N–H and O–H groups in total. The maximum atomic E-state index is 14.0. The van der Waals surface area contributed by atoms with Gasteiger partial charge in [0.2, 0.25) is 17.7 Å². The quantitative estimate of drug-likeness (QED) is 0.0354. The van der Waals surface area contributed by atoms with Gasteiger partial charge in [-0.1, -0.05) is 114 Å². The van der Waals surface area contributed by atoms with Gasteiger partial charge in [-0.3, -0.25) is 14.4 Å². The van der Waals surface area contributed by atoms with E-state index in [1.165, 1.54) is 16.0 Å². The fourth-order valence-corrected chi connectivity index (χ4v) is 9.24. The fourth-order valence-electron chi connectivity index (χ4n) is 8.43. The lowest BCUT2D eigenvalue weighted by atomic mass is 9.85. The Morgan fingerprint density at radius 1 is 0.896 bits per heavy atom. The number of nitrogens with zero attached hydrogens (tertiary/aromatic N) is 5. The van der Waals surface area contributed by atoms with Crippen LogP contribution in [0.2, 0.25) is 0 Å². The minimum Gasteiger partial charge on any atom is -0.507 e. The van der Waals surface area contributed by atoms with Crippen molar-refractivity contribution in [2.24, 2.45) is 5.41 Å². The molecular weight excluding hydrogens is 863 g/mol. The molecule has 0 unspecified atom stereocenters. The lowest BCUT2D eigenvalue weighted by Crippen LogP contribution is -2.57. The number of hydrogen-bond acceptors (Lipinski definition) is 12. The molecule has 1 aliphatic heterocycles. The Morgan fingerprint density at radius 2 is 1.55 bits per heavy atom. The first-order valence-electron chi connectivity index (χ1n) is 23.6. The minimum atomic E-state index is -0.834. The molecule has 0 spiro atoms. The molecule has 1 aliphatic rings. The van der Waals surface area contributed by atoms with E-state index in [1.807, 2.05) is 76.7 Å². The number of likely N-dealkylation sites (N-methyl/N-ethyl adjacent to an activating group) is 1. The van der Waals surface area contributed by atoms with E-state index in [-0.39, 0.29) is 36.4 Å². The van der Waals surface area contributed by atoms with Crippen LogP contribution in [0.25, 0.3) is 21.7 Å². The Kier molecular flexibility index (Phi) is 18.3. The smallest absolute Gasteiger partial charge is 0.246 e. The summed E-state index contributed by atoms with van der Waals surface area (Å²) < 4.78 is 0. The number of aromatic nitrogens is 3. The van der Waals surface area contributed by atoms with Gasteiger partial charge >= 0.3 is 0 Å². The molecule has 3 aromatic carbocycles. The van der Waals surface area contributed by atoms with Gasteiger partial charge < -0.3 is 41.7 Å². The van der Waals surface area contributed by atoms with Crippen molar-refractivity contribution in [3.63, 3.8) is 0 Å². The van der Waals surface area contributed by atoms with Crippen LogP contribution in [0.15, 0.2) is 84.4 Å². The number of unbranched alkanes of at least 4 members (excludes halogenated alkanes) is 6. The number of aromatic hydroxyl groups is 1. The number of likely N-dealkylation sites (tertiary alicyclic amines) is 1. The highest BCUT2D eigenvalue weighted by Gasteiger charge is 2.44. The SMILES string of the molecule is Cc1ncsc1-c1ccc(CNC(=O)[C@@H]2C[C@@H](O)CN2C(=O)[C@@H](NC(=O)CCCCCCCCCNCc2ccc(CCN(C)c3cc(-c4ccccc4O)nnc3N)cc2)C(C)(C)C)cc1. The maximum Gasteiger partial charge on any atom is 0.246 e. The van der Waals surface area contributed by atoms with Gasteiger partial charge in [0, 0.05) is 51.6 Å². The molecule has 0 bridgehead atoms. The van der Waals surface area contributed by atoms with Gasteiger partial charge in [-0.15, -0.1) is 21.5 Å². The normalized spacial score (nSPS) is 15.3. The van der Waals surface area contributed by atoms with E-state index in [1.54, 1.807) is 29.5 Å². The van der Waals surface area contributed by atoms with Gasteiger partial charge in [-0.2, -0.15) is 0 Å². The average molecular weight is 932 g/mol. The van der Waals surface area contributed by atoms with Gasteiger partial charge in [0.1, 0.15) is 17.8 Å². The van der Waals surface area contributed by atoms with Gasteiger partial charge in [-0.05, 0) is 78.6 Å². The van der Waals surface area contributed by atoms with Crippen LogP contribution in [-0.4, -0.2) is 92.9 Å². The van der Waals surface area contributed by atoms with E-state index in [2.05, 4.69) is 60.3 Å². The number of thiazole rings is 1. The number of nitrogen functional groups attached to an aromatic ring is 1. The van der Waals surface area contributed by atoms with E-state index < -0.39 is 23.6 Å². The van der Waals surface area contributed by atoms with E-state index in [0.29, 0.717) is 30.0 Å². The predicted octanol–water partition coefficient (Wildman–Crippen LogP) is 7.56. The van der Waals surface area contributed by atoms with E-state index in [0.717, 1.165) is 98.4 Å². The standard InChI is InChI=1S/C52H69N9O5S/c1-35-47(67-34-56-35)39-24-22-38(23-25-39)32-55-50(65)44-29-40(62)33-61(44)51(66)48(52(2,3)4)57-46(64)17-11-9-7-6-8-10-14-27-54-31-37-20-18-36(19-21-37)26-28-60(5)43-30-42(58-59-49(43)53)41-15-12-13-16-45(41)63/h12-13,15-16,18-25,30,34,40,44,48,54,62-63H,6-11,14,17,26-29,31-33H2,1-5H3,(H2,53,59)(H,55,65)(H,57,64)/t40-,44+,48-/m1/s1. The van der Waals surface area contributed by atoms with Crippen LogP contribution in [0.1, 0.15) is 101 Å². The van der Waals surface area contributed by atoms with Crippen molar-refractivity contribution >= 4 is 40.6 Å². The molecule has 14 nitrogen and oxygen atoms in total. The van der Waals surface area contributed by atoms with Crippen LogP contribution < -0.4 is 26.6 Å². The summed E-state index contributed by atoms with van der Waals surface area (Å²) in [5.74, 6) is -0.350. The molecule has 1 saturated heterocycles. The number of phenolic OH excluding ortho intramolecular Hbond substituents is 1. The molecule has 1 fully saturated rings. The summed E-state index contributed by atoms with van der Waals surface area (Å²) in [4.78, 5) is 49.5. The molecule has 3 heterocycles. The van der Waals surface area contributed by atoms with Crippen molar-refractivity contribution in [1.29, 1.82) is 0 Å². The van der Waals surface area contributed by atoms with Crippen LogP contribution in [0.3, 0.4) is 0 Å². The highest BCUT2D eigenvalue weighted by molar-refractivity contribution is 7.13. The number of aryl methyl sites for hydroxylation is 1. The number of anilines is 2. The maximum absolute atomic E-state index is 14.0. The molecule has 358 valence electrons. The van der Waals surface area contributed by atoms with Crippen molar-refractivity contribution in [3.8, 4) is 27.4 Å². The summed E-state index contributed by atoms with van der Waals surface area (Å²) >= 11 is 1.59. The predicted molar refractivity (Wildman–Crippen MR) is 267 cm³/mol. The van der Waals surface area contributed by atoms with Crippen LogP contribution in [0, 0.1) is 12.3 Å². The number of β-amino-alcohol motifs (C(OH)–C–C–N with tert-alkyl or cyclic N) is 1. The first kappa shape index (κ1) is 50.5.